The fourth-order valence-electron chi connectivity index (χ4n) is 3.86. The number of hydrogen-bond donors (Lipinski definition) is 1. The van der Waals surface area contributed by atoms with Crippen molar-refractivity contribution in [3.8, 4) is 0 Å². The van der Waals surface area contributed by atoms with E-state index in [1.54, 1.807) is 24.3 Å². The summed E-state index contributed by atoms with van der Waals surface area (Å²) < 4.78 is 0. The Balaban J connectivity index is 1.60. The van der Waals surface area contributed by atoms with Gasteiger partial charge in [-0.2, -0.15) is 0 Å². The molecule has 3 amide bonds. The van der Waals surface area contributed by atoms with Crippen molar-refractivity contribution >= 4 is 34.2 Å². The maximum Gasteiger partial charge on any atom is 0.262 e. The van der Waals surface area contributed by atoms with Gasteiger partial charge in [0.2, 0.25) is 5.91 Å². The molecule has 0 fully saturated rings. The van der Waals surface area contributed by atoms with Gasteiger partial charge in [-0.1, -0.05) is 26.0 Å². The van der Waals surface area contributed by atoms with Crippen LogP contribution in [0.3, 0.4) is 0 Å². The zero-order chi connectivity index (χ0) is 19.8. The summed E-state index contributed by atoms with van der Waals surface area (Å²) >= 11 is 1.50. The van der Waals surface area contributed by atoms with Gasteiger partial charge >= 0.3 is 0 Å². The van der Waals surface area contributed by atoms with Crippen LogP contribution in [0.1, 0.15) is 64.4 Å². The van der Waals surface area contributed by atoms with Crippen LogP contribution in [0.5, 0.6) is 0 Å². The van der Waals surface area contributed by atoms with Crippen molar-refractivity contribution in [2.45, 2.75) is 52.0 Å². The van der Waals surface area contributed by atoms with Crippen LogP contribution in [0.25, 0.3) is 0 Å². The number of hydrogen-bond acceptors (Lipinski definition) is 5. The Kier molecular flexibility index (Phi) is 5.02. The zero-order valence-electron chi connectivity index (χ0n) is 16.0. The number of nitrogens with one attached hydrogen (secondary N) is 1. The summed E-state index contributed by atoms with van der Waals surface area (Å²) in [6.07, 6.45) is 4.61. The zero-order valence-corrected chi connectivity index (χ0v) is 16.8. The number of carbonyl (C=O) groups excluding carboxylic acids is 3. The van der Waals surface area contributed by atoms with E-state index in [0.29, 0.717) is 22.7 Å². The predicted molar refractivity (Wildman–Crippen MR) is 108 cm³/mol. The predicted octanol–water partition coefficient (Wildman–Crippen LogP) is 3.67. The van der Waals surface area contributed by atoms with Crippen LogP contribution in [0.15, 0.2) is 24.3 Å². The maximum atomic E-state index is 13.1. The molecule has 1 aromatic carbocycles. The SMILES string of the molecule is CC(C)C[C@H](C(=O)Nc1nc2c(s1)CCCC2)N1C(=O)c2ccccc2C1=O. The van der Waals surface area contributed by atoms with Gasteiger partial charge in [0, 0.05) is 4.88 Å². The molecule has 0 saturated heterocycles. The van der Waals surface area contributed by atoms with Crippen molar-refractivity contribution in [2.75, 3.05) is 5.32 Å². The van der Waals surface area contributed by atoms with Gasteiger partial charge in [0.1, 0.15) is 6.04 Å². The van der Waals surface area contributed by atoms with Crippen LogP contribution in [0, 0.1) is 5.92 Å². The summed E-state index contributed by atoms with van der Waals surface area (Å²) in [5.41, 5.74) is 1.78. The average Bonchev–Trinajstić information content (AvgIpc) is 3.19. The highest BCUT2D eigenvalue weighted by Crippen LogP contribution is 2.31. The third-order valence-electron chi connectivity index (χ3n) is 5.21. The molecule has 0 spiro atoms. The van der Waals surface area contributed by atoms with E-state index in [4.69, 9.17) is 0 Å². The Labute approximate surface area is 168 Å². The molecule has 1 aliphatic carbocycles. The molecular formula is C21H23N3O3S. The number of anilines is 1. The average molecular weight is 398 g/mol. The van der Waals surface area contributed by atoms with Crippen LogP contribution in [-0.2, 0) is 17.6 Å². The second-order valence-corrected chi connectivity index (χ2v) is 8.84. The first kappa shape index (κ1) is 18.8. The largest absolute Gasteiger partial charge is 0.300 e. The quantitative estimate of drug-likeness (QED) is 0.781. The van der Waals surface area contributed by atoms with E-state index in [1.807, 2.05) is 13.8 Å². The Morgan fingerprint density at radius 1 is 1.14 bits per heavy atom. The number of imide groups is 1. The molecule has 2 heterocycles. The Hall–Kier alpha value is -2.54. The highest BCUT2D eigenvalue weighted by Gasteiger charge is 2.43. The van der Waals surface area contributed by atoms with E-state index in [1.165, 1.54) is 16.2 Å². The van der Waals surface area contributed by atoms with E-state index in [0.717, 1.165) is 36.3 Å². The monoisotopic (exact) mass is 397 g/mol. The molecule has 4 rings (SSSR count). The van der Waals surface area contributed by atoms with Crippen LogP contribution >= 0.6 is 11.3 Å². The van der Waals surface area contributed by atoms with Gasteiger partial charge in [0.15, 0.2) is 5.13 Å². The van der Waals surface area contributed by atoms with Gasteiger partial charge in [0.05, 0.1) is 16.8 Å². The minimum atomic E-state index is -0.853. The highest BCUT2D eigenvalue weighted by molar-refractivity contribution is 7.15. The van der Waals surface area contributed by atoms with Gasteiger partial charge < -0.3 is 5.32 Å². The fourth-order valence-corrected chi connectivity index (χ4v) is 4.91. The number of rotatable bonds is 5. The molecule has 1 atom stereocenters. The number of benzene rings is 1. The molecular weight excluding hydrogens is 374 g/mol. The van der Waals surface area contributed by atoms with E-state index >= 15 is 0 Å². The number of nitrogens with zero attached hydrogens (tertiary/aromatic N) is 2. The molecule has 0 saturated carbocycles. The second kappa shape index (κ2) is 7.47. The third-order valence-corrected chi connectivity index (χ3v) is 6.28. The molecule has 0 unspecified atom stereocenters. The Morgan fingerprint density at radius 3 is 2.39 bits per heavy atom. The summed E-state index contributed by atoms with van der Waals surface area (Å²) in [5, 5.41) is 3.43. The second-order valence-electron chi connectivity index (χ2n) is 7.76. The third kappa shape index (κ3) is 3.35. The van der Waals surface area contributed by atoms with Crippen molar-refractivity contribution in [1.82, 2.24) is 9.88 Å². The molecule has 146 valence electrons. The number of amides is 3. The molecule has 0 radical (unpaired) electrons. The lowest BCUT2D eigenvalue weighted by molar-refractivity contribution is -0.120. The van der Waals surface area contributed by atoms with Gasteiger partial charge in [-0.3, -0.25) is 19.3 Å². The molecule has 1 N–H and O–H groups in total. The fraction of sp³-hybridized carbons (Fsp3) is 0.429. The lowest BCUT2D eigenvalue weighted by Crippen LogP contribution is -2.47. The normalized spacial score (nSPS) is 16.9. The first-order valence-electron chi connectivity index (χ1n) is 9.72. The molecule has 1 aromatic heterocycles. The molecule has 6 nitrogen and oxygen atoms in total. The standard InChI is InChI=1S/C21H23N3O3S/c1-12(2)11-16(24-19(26)13-7-3-4-8-14(13)20(24)27)18(25)23-21-22-15-9-5-6-10-17(15)28-21/h3-4,7-8,12,16H,5-6,9-11H2,1-2H3,(H,22,23,25)/t16-/m1/s1. The number of fused-ring (bicyclic) bond motifs is 2. The Bertz CT molecular complexity index is 892. The Morgan fingerprint density at radius 2 is 1.79 bits per heavy atom. The van der Waals surface area contributed by atoms with Crippen LogP contribution in [0.4, 0.5) is 5.13 Å². The number of aromatic nitrogens is 1. The number of thiazole rings is 1. The molecule has 28 heavy (non-hydrogen) atoms. The maximum absolute atomic E-state index is 13.1. The van der Waals surface area contributed by atoms with E-state index in [9.17, 15) is 14.4 Å². The summed E-state index contributed by atoms with van der Waals surface area (Å²) in [7, 11) is 0. The van der Waals surface area contributed by atoms with Crippen LogP contribution in [-0.4, -0.2) is 33.6 Å². The minimum absolute atomic E-state index is 0.143. The molecule has 1 aliphatic heterocycles. The topological polar surface area (TPSA) is 79.4 Å². The summed E-state index contributed by atoms with van der Waals surface area (Å²) in [6, 6.07) is 5.87. The van der Waals surface area contributed by atoms with Crippen molar-refractivity contribution in [3.63, 3.8) is 0 Å². The van der Waals surface area contributed by atoms with Gasteiger partial charge in [-0.05, 0) is 50.2 Å². The highest BCUT2D eigenvalue weighted by atomic mass is 32.1. The smallest absolute Gasteiger partial charge is 0.262 e. The molecule has 2 aromatic rings. The van der Waals surface area contributed by atoms with E-state index in [-0.39, 0.29) is 11.8 Å². The van der Waals surface area contributed by atoms with Crippen molar-refractivity contribution in [3.05, 3.63) is 46.0 Å². The minimum Gasteiger partial charge on any atom is -0.300 e. The van der Waals surface area contributed by atoms with Crippen molar-refractivity contribution in [1.29, 1.82) is 0 Å². The van der Waals surface area contributed by atoms with Crippen molar-refractivity contribution < 1.29 is 14.4 Å². The number of carbonyl (C=O) groups is 3. The lowest BCUT2D eigenvalue weighted by Gasteiger charge is -2.26. The molecule has 2 aliphatic rings. The van der Waals surface area contributed by atoms with Gasteiger partial charge in [-0.25, -0.2) is 4.98 Å². The first-order valence-corrected chi connectivity index (χ1v) is 10.5. The lowest BCUT2D eigenvalue weighted by atomic mass is 10.0. The summed E-state index contributed by atoms with van der Waals surface area (Å²) in [4.78, 5) is 45.7. The number of aryl methyl sites for hydroxylation is 2. The summed E-state index contributed by atoms with van der Waals surface area (Å²) in [6.45, 7) is 3.95. The molecule has 0 bridgehead atoms. The molecule has 7 heteroatoms. The van der Waals surface area contributed by atoms with Gasteiger partial charge in [-0.15, -0.1) is 11.3 Å². The van der Waals surface area contributed by atoms with E-state index in [2.05, 4.69) is 10.3 Å². The summed E-state index contributed by atoms with van der Waals surface area (Å²) in [5.74, 6) is -1.02. The first-order chi connectivity index (χ1) is 13.5. The van der Waals surface area contributed by atoms with E-state index < -0.39 is 17.9 Å². The van der Waals surface area contributed by atoms with Gasteiger partial charge in [0.25, 0.3) is 11.8 Å². The van der Waals surface area contributed by atoms with Crippen molar-refractivity contribution in [2.24, 2.45) is 5.92 Å². The van der Waals surface area contributed by atoms with Crippen LogP contribution < -0.4 is 5.32 Å². The van der Waals surface area contributed by atoms with Crippen LogP contribution in [0.2, 0.25) is 0 Å².